The molecule has 110 valence electrons. The fourth-order valence-electron chi connectivity index (χ4n) is 1.48. The minimum absolute atomic E-state index is 0.0705. The van der Waals surface area contributed by atoms with Crippen LogP contribution < -0.4 is 4.73 Å². The van der Waals surface area contributed by atoms with Gasteiger partial charge in [-0.1, -0.05) is 0 Å². The average molecular weight is 308 g/mol. The molecule has 1 atom stereocenters. The molecular weight excluding hydrogens is 295 g/mol. The molecule has 0 saturated heterocycles. The highest BCUT2D eigenvalue weighted by Gasteiger charge is 2.43. The molecule has 0 aliphatic heterocycles. The molecule has 0 saturated carbocycles. The highest BCUT2D eigenvalue weighted by molar-refractivity contribution is 7.93. The Kier molecular flexibility index (Phi) is 4.01. The van der Waals surface area contributed by atoms with Crippen molar-refractivity contribution in [2.75, 3.05) is 6.26 Å². The maximum absolute atomic E-state index is 12.5. The fraction of sp³-hybridized carbons (Fsp3) is 0.455. The van der Waals surface area contributed by atoms with Crippen molar-refractivity contribution in [3.8, 4) is 6.19 Å². The summed E-state index contributed by atoms with van der Waals surface area (Å²) in [4.78, 5) is 0. The first kappa shape index (κ1) is 16.2. The Balaban J connectivity index is 3.45. The van der Waals surface area contributed by atoms with Crippen LogP contribution in [0.4, 0.5) is 13.2 Å². The third-order valence-corrected chi connectivity index (χ3v) is 5.64. The van der Waals surface area contributed by atoms with Crippen molar-refractivity contribution in [1.29, 1.82) is 5.26 Å². The maximum atomic E-state index is 12.5. The van der Waals surface area contributed by atoms with Crippen molar-refractivity contribution in [3.05, 3.63) is 29.6 Å². The van der Waals surface area contributed by atoms with Crippen molar-refractivity contribution in [1.82, 2.24) is 0 Å². The van der Waals surface area contributed by atoms with Crippen LogP contribution in [0.5, 0.6) is 0 Å². The molecule has 0 spiro atoms. The first-order valence-electron chi connectivity index (χ1n) is 5.36. The van der Waals surface area contributed by atoms with E-state index in [4.69, 9.17) is 5.26 Å². The Morgan fingerprint density at radius 1 is 1.40 bits per heavy atom. The van der Waals surface area contributed by atoms with E-state index in [1.807, 2.05) is 0 Å². The molecule has 0 fully saturated rings. The average Bonchev–Trinajstić information content (AvgIpc) is 2.26. The van der Waals surface area contributed by atoms with E-state index < -0.39 is 26.3 Å². The van der Waals surface area contributed by atoms with Gasteiger partial charge in [0.25, 0.3) is 0 Å². The van der Waals surface area contributed by atoms with Gasteiger partial charge in [-0.2, -0.15) is 18.4 Å². The second kappa shape index (κ2) is 4.94. The van der Waals surface area contributed by atoms with Gasteiger partial charge in [-0.25, -0.2) is 4.21 Å². The Morgan fingerprint density at radius 3 is 2.35 bits per heavy atom. The molecule has 1 aromatic rings. The lowest BCUT2D eigenvalue weighted by molar-refractivity contribution is -0.915. The van der Waals surface area contributed by atoms with E-state index in [-0.39, 0.29) is 10.3 Å². The fourth-order valence-corrected chi connectivity index (χ4v) is 2.42. The third kappa shape index (κ3) is 2.85. The van der Waals surface area contributed by atoms with Crippen molar-refractivity contribution >= 4 is 9.73 Å². The van der Waals surface area contributed by atoms with Crippen LogP contribution in [0.3, 0.4) is 0 Å². The van der Waals surface area contributed by atoms with Crippen molar-refractivity contribution in [2.24, 2.45) is 4.36 Å². The van der Waals surface area contributed by atoms with Crippen LogP contribution in [-0.2, 0) is 20.7 Å². The first-order chi connectivity index (χ1) is 8.93. The van der Waals surface area contributed by atoms with Crippen LogP contribution >= 0.6 is 0 Å². The number of nitrogens with zero attached hydrogens (tertiary/aromatic N) is 3. The van der Waals surface area contributed by atoms with Crippen molar-refractivity contribution in [2.45, 2.75) is 24.8 Å². The molecular formula is C11H13F3N3O2S+. The second-order valence-corrected chi connectivity index (χ2v) is 7.46. The second-order valence-electron chi connectivity index (χ2n) is 4.65. The Labute approximate surface area is 114 Å². The van der Waals surface area contributed by atoms with Gasteiger partial charge >= 0.3 is 11.9 Å². The number of nitriles is 1. The molecule has 0 aromatic carbocycles. The molecule has 1 unspecified atom stereocenters. The highest BCUT2D eigenvalue weighted by atomic mass is 32.2. The van der Waals surface area contributed by atoms with Crippen LogP contribution in [0.25, 0.3) is 0 Å². The monoisotopic (exact) mass is 308 g/mol. The number of hydrogen-bond donors (Lipinski definition) is 1. The largest absolute Gasteiger partial charge is 0.482 e. The molecule has 20 heavy (non-hydrogen) atoms. The van der Waals surface area contributed by atoms with Crippen molar-refractivity contribution < 1.29 is 27.3 Å². The summed E-state index contributed by atoms with van der Waals surface area (Å²) in [6.07, 6.45) is -1.22. The first-order valence-corrected chi connectivity index (χ1v) is 7.28. The van der Waals surface area contributed by atoms with Gasteiger partial charge in [0.1, 0.15) is 0 Å². The number of aromatic nitrogens is 1. The molecule has 0 bridgehead atoms. The summed E-state index contributed by atoms with van der Waals surface area (Å²) in [5.74, 6) is 0. The standard InChI is InChI=1S/C11H13F3N3O2S/c1-10(2,20(3,19)16-7-15)8-4-5-9(11(12,13)14)17(18)6-8/h4-6,18H,1-3H3/q+1. The molecule has 5 nitrogen and oxygen atoms in total. The summed E-state index contributed by atoms with van der Waals surface area (Å²) in [5.41, 5.74) is -1.09. The number of hydrogen-bond acceptors (Lipinski definition) is 4. The lowest BCUT2D eigenvalue weighted by atomic mass is 10.0. The SMILES string of the molecule is CC(C)(c1ccc(C(F)(F)F)[n+](O)c1)S(C)(=O)=NC#N. The van der Waals surface area contributed by atoms with Gasteiger partial charge < -0.3 is 0 Å². The number of alkyl halides is 3. The third-order valence-electron chi connectivity index (χ3n) is 3.08. The van der Waals surface area contributed by atoms with E-state index in [0.29, 0.717) is 6.07 Å². The molecule has 1 heterocycles. The number of halogens is 3. The zero-order chi connectivity index (χ0) is 15.8. The maximum Gasteiger partial charge on any atom is 0.482 e. The lowest BCUT2D eigenvalue weighted by Gasteiger charge is -2.24. The van der Waals surface area contributed by atoms with Crippen LogP contribution in [0, 0.1) is 11.5 Å². The molecule has 0 aliphatic rings. The predicted molar refractivity (Wildman–Crippen MR) is 64.0 cm³/mol. The quantitative estimate of drug-likeness (QED) is 0.516. The minimum atomic E-state index is -4.71. The minimum Gasteiger partial charge on any atom is -0.285 e. The zero-order valence-corrected chi connectivity index (χ0v) is 11.8. The van der Waals surface area contributed by atoms with Gasteiger partial charge in [0, 0.05) is 22.6 Å². The Hall–Kier alpha value is -1.82. The molecule has 0 radical (unpaired) electrons. The summed E-state index contributed by atoms with van der Waals surface area (Å²) in [7, 11) is -3.02. The Morgan fingerprint density at radius 2 is 1.95 bits per heavy atom. The molecule has 9 heteroatoms. The lowest BCUT2D eigenvalue weighted by Crippen LogP contribution is -2.41. The summed E-state index contributed by atoms with van der Waals surface area (Å²) >= 11 is 0. The topological polar surface area (TPSA) is 77.3 Å². The normalized spacial score (nSPS) is 15.2. The van der Waals surface area contributed by atoms with E-state index in [0.717, 1.165) is 12.3 Å². The summed E-state index contributed by atoms with van der Waals surface area (Å²) in [5, 5.41) is 17.9. The van der Waals surface area contributed by atoms with Crippen LogP contribution in [0.2, 0.25) is 0 Å². The van der Waals surface area contributed by atoms with E-state index in [9.17, 15) is 22.6 Å². The van der Waals surface area contributed by atoms with E-state index in [1.165, 1.54) is 26.3 Å². The summed E-state index contributed by atoms with van der Waals surface area (Å²) in [6, 6.07) is 1.78. The van der Waals surface area contributed by atoms with Crippen LogP contribution in [0.1, 0.15) is 25.1 Å². The van der Waals surface area contributed by atoms with E-state index >= 15 is 0 Å². The summed E-state index contributed by atoms with van der Waals surface area (Å²) in [6.45, 7) is 2.94. The Bertz CT molecular complexity index is 683. The predicted octanol–water partition coefficient (Wildman–Crippen LogP) is 2.04. The van der Waals surface area contributed by atoms with Gasteiger partial charge in [-0.15, -0.1) is 4.36 Å². The van der Waals surface area contributed by atoms with Gasteiger partial charge in [0.05, 0.1) is 14.5 Å². The molecule has 0 aliphatic carbocycles. The number of rotatable bonds is 2. The molecule has 0 amide bonds. The molecule has 1 N–H and O–H groups in total. The van der Waals surface area contributed by atoms with E-state index in [1.54, 1.807) is 0 Å². The van der Waals surface area contributed by atoms with E-state index in [2.05, 4.69) is 4.36 Å². The van der Waals surface area contributed by atoms with Gasteiger partial charge in [0.15, 0.2) is 0 Å². The number of pyridine rings is 1. The van der Waals surface area contributed by atoms with Crippen LogP contribution in [-0.4, -0.2) is 15.7 Å². The molecule has 1 rings (SSSR count). The van der Waals surface area contributed by atoms with Crippen LogP contribution in [0.15, 0.2) is 22.7 Å². The zero-order valence-electron chi connectivity index (χ0n) is 11.0. The van der Waals surface area contributed by atoms with Gasteiger partial charge in [-0.3, -0.25) is 5.21 Å². The van der Waals surface area contributed by atoms with Gasteiger partial charge in [0.2, 0.25) is 12.4 Å². The van der Waals surface area contributed by atoms with Crippen molar-refractivity contribution in [3.63, 3.8) is 0 Å². The summed E-state index contributed by atoms with van der Waals surface area (Å²) < 4.78 is 51.9. The molecule has 1 aromatic heterocycles. The highest BCUT2D eigenvalue weighted by Crippen LogP contribution is 2.32. The van der Waals surface area contributed by atoms with Gasteiger partial charge in [-0.05, 0) is 19.9 Å². The smallest absolute Gasteiger partial charge is 0.285 e.